The van der Waals surface area contributed by atoms with Crippen molar-refractivity contribution in [1.29, 1.82) is 0 Å². The molecule has 0 amide bonds. The fourth-order valence-corrected chi connectivity index (χ4v) is 3.12. The summed E-state index contributed by atoms with van der Waals surface area (Å²) in [5.41, 5.74) is 2.24. The summed E-state index contributed by atoms with van der Waals surface area (Å²) in [6.07, 6.45) is 8.39. The topological polar surface area (TPSA) is 58.0 Å². The molecule has 0 aliphatic heterocycles. The lowest BCUT2D eigenvalue weighted by molar-refractivity contribution is 0.260. The van der Waals surface area contributed by atoms with Crippen molar-refractivity contribution in [2.24, 2.45) is 0 Å². The summed E-state index contributed by atoms with van der Waals surface area (Å²) in [6.45, 7) is 3.57. The van der Waals surface area contributed by atoms with E-state index in [-0.39, 0.29) is 0 Å². The number of nitrogens with zero attached hydrogens (tertiary/aromatic N) is 3. The second-order valence-electron chi connectivity index (χ2n) is 6.24. The highest BCUT2D eigenvalue weighted by Gasteiger charge is 2.19. The molecule has 1 saturated carbocycles. The molecule has 0 saturated heterocycles. The summed E-state index contributed by atoms with van der Waals surface area (Å²) in [5, 5.41) is 4.28. The van der Waals surface area contributed by atoms with Crippen LogP contribution in [-0.4, -0.2) is 27.1 Å². The summed E-state index contributed by atoms with van der Waals surface area (Å²) in [7, 11) is 2.07. The molecule has 21 heavy (non-hydrogen) atoms. The summed E-state index contributed by atoms with van der Waals surface area (Å²) in [4.78, 5) is 9.77. The van der Waals surface area contributed by atoms with Gasteiger partial charge in [-0.1, -0.05) is 24.4 Å². The summed E-state index contributed by atoms with van der Waals surface area (Å²) >= 11 is 0. The zero-order chi connectivity index (χ0) is 14.7. The minimum atomic E-state index is 0.606. The third-order valence-corrected chi connectivity index (χ3v) is 4.20. The van der Waals surface area contributed by atoms with E-state index in [2.05, 4.69) is 33.1 Å². The van der Waals surface area contributed by atoms with Crippen LogP contribution in [0.5, 0.6) is 0 Å². The number of rotatable bonds is 5. The highest BCUT2D eigenvalue weighted by molar-refractivity contribution is 5.11. The van der Waals surface area contributed by atoms with E-state index < -0.39 is 0 Å². The standard InChI is InChI=1S/C16H24N4O/c1-12-9-17-16(18-12)11-20(2)10-14-8-15(19-21-14)13-6-4-3-5-7-13/h8-9,13H,3-7,10-11H2,1-2H3,(H,17,18). The Morgan fingerprint density at radius 3 is 2.81 bits per heavy atom. The Balaban J connectivity index is 1.56. The van der Waals surface area contributed by atoms with Gasteiger partial charge in [0.1, 0.15) is 5.82 Å². The fraction of sp³-hybridized carbons (Fsp3) is 0.625. The molecule has 1 aliphatic carbocycles. The van der Waals surface area contributed by atoms with Gasteiger partial charge in [-0.3, -0.25) is 4.90 Å². The van der Waals surface area contributed by atoms with Gasteiger partial charge in [-0.25, -0.2) is 4.98 Å². The molecule has 1 fully saturated rings. The SMILES string of the molecule is Cc1cnc(CN(C)Cc2cc(C3CCCCC3)no2)[nH]1. The van der Waals surface area contributed by atoms with Crippen LogP contribution in [0, 0.1) is 6.92 Å². The van der Waals surface area contributed by atoms with Crippen LogP contribution in [0.1, 0.15) is 61.0 Å². The van der Waals surface area contributed by atoms with Crippen LogP contribution >= 0.6 is 0 Å². The second kappa shape index (κ2) is 6.43. The first-order valence-corrected chi connectivity index (χ1v) is 7.85. The number of imidazole rings is 1. The van der Waals surface area contributed by atoms with E-state index in [1.54, 1.807) is 0 Å². The monoisotopic (exact) mass is 288 g/mol. The molecule has 5 nitrogen and oxygen atoms in total. The molecule has 0 aromatic carbocycles. The van der Waals surface area contributed by atoms with E-state index in [1.807, 2.05) is 13.1 Å². The number of nitrogens with one attached hydrogen (secondary N) is 1. The zero-order valence-corrected chi connectivity index (χ0v) is 12.9. The zero-order valence-electron chi connectivity index (χ0n) is 12.9. The van der Waals surface area contributed by atoms with Gasteiger partial charge in [-0.2, -0.15) is 0 Å². The van der Waals surface area contributed by atoms with Crippen LogP contribution in [0.15, 0.2) is 16.8 Å². The Bertz CT molecular complexity index is 568. The van der Waals surface area contributed by atoms with Gasteiger partial charge in [0, 0.05) is 23.9 Å². The van der Waals surface area contributed by atoms with E-state index in [0.717, 1.165) is 36.1 Å². The second-order valence-corrected chi connectivity index (χ2v) is 6.24. The molecule has 2 aromatic rings. The maximum atomic E-state index is 5.51. The first-order chi connectivity index (χ1) is 10.2. The number of aryl methyl sites for hydroxylation is 1. The van der Waals surface area contributed by atoms with E-state index >= 15 is 0 Å². The maximum absolute atomic E-state index is 5.51. The number of aromatic nitrogens is 3. The normalized spacial score (nSPS) is 16.7. The number of H-pyrrole nitrogens is 1. The molecular formula is C16H24N4O. The van der Waals surface area contributed by atoms with Crippen LogP contribution in [0.2, 0.25) is 0 Å². The molecule has 0 atom stereocenters. The van der Waals surface area contributed by atoms with Crippen molar-refractivity contribution >= 4 is 0 Å². The van der Waals surface area contributed by atoms with Crippen molar-refractivity contribution in [2.75, 3.05) is 7.05 Å². The van der Waals surface area contributed by atoms with Gasteiger partial charge in [0.25, 0.3) is 0 Å². The fourth-order valence-electron chi connectivity index (χ4n) is 3.12. The van der Waals surface area contributed by atoms with E-state index in [9.17, 15) is 0 Å². The largest absolute Gasteiger partial charge is 0.360 e. The van der Waals surface area contributed by atoms with Crippen LogP contribution < -0.4 is 0 Å². The molecule has 0 spiro atoms. The van der Waals surface area contributed by atoms with Gasteiger partial charge in [0.15, 0.2) is 5.76 Å². The van der Waals surface area contributed by atoms with Gasteiger partial charge in [-0.05, 0) is 26.8 Å². The van der Waals surface area contributed by atoms with Crippen molar-refractivity contribution in [2.45, 2.75) is 58.0 Å². The van der Waals surface area contributed by atoms with Gasteiger partial charge in [0.05, 0.1) is 18.8 Å². The van der Waals surface area contributed by atoms with Gasteiger partial charge in [-0.15, -0.1) is 0 Å². The highest BCUT2D eigenvalue weighted by atomic mass is 16.5. The molecule has 0 unspecified atom stereocenters. The average molecular weight is 288 g/mol. The number of aromatic amines is 1. The van der Waals surface area contributed by atoms with Gasteiger partial charge in [0.2, 0.25) is 0 Å². The molecule has 5 heteroatoms. The minimum absolute atomic E-state index is 0.606. The molecule has 0 bridgehead atoms. The predicted octanol–water partition coefficient (Wildman–Crippen LogP) is 3.39. The van der Waals surface area contributed by atoms with E-state index in [4.69, 9.17) is 4.52 Å². The van der Waals surface area contributed by atoms with Crippen molar-refractivity contribution in [3.05, 3.63) is 35.2 Å². The molecule has 1 aliphatic rings. The van der Waals surface area contributed by atoms with Crippen LogP contribution in [0.25, 0.3) is 0 Å². The molecule has 0 radical (unpaired) electrons. The Labute approximate surface area is 125 Å². The first kappa shape index (κ1) is 14.3. The predicted molar refractivity (Wildman–Crippen MR) is 80.8 cm³/mol. The summed E-state index contributed by atoms with van der Waals surface area (Å²) in [6, 6.07) is 2.14. The molecule has 2 aromatic heterocycles. The molecule has 1 N–H and O–H groups in total. The van der Waals surface area contributed by atoms with Crippen LogP contribution in [0.4, 0.5) is 0 Å². The average Bonchev–Trinajstić information content (AvgIpc) is 3.09. The number of hydrogen-bond donors (Lipinski definition) is 1. The molecule has 3 rings (SSSR count). The van der Waals surface area contributed by atoms with Crippen molar-refractivity contribution < 1.29 is 4.52 Å². The quantitative estimate of drug-likeness (QED) is 0.916. The van der Waals surface area contributed by atoms with E-state index in [0.29, 0.717) is 5.92 Å². The van der Waals surface area contributed by atoms with Gasteiger partial charge < -0.3 is 9.51 Å². The maximum Gasteiger partial charge on any atom is 0.150 e. The van der Waals surface area contributed by atoms with Crippen LogP contribution in [0.3, 0.4) is 0 Å². The first-order valence-electron chi connectivity index (χ1n) is 7.85. The van der Waals surface area contributed by atoms with Gasteiger partial charge >= 0.3 is 0 Å². The number of hydrogen-bond acceptors (Lipinski definition) is 4. The van der Waals surface area contributed by atoms with Crippen LogP contribution in [-0.2, 0) is 13.1 Å². The Kier molecular flexibility index (Phi) is 4.39. The Morgan fingerprint density at radius 2 is 2.10 bits per heavy atom. The highest BCUT2D eigenvalue weighted by Crippen LogP contribution is 2.32. The van der Waals surface area contributed by atoms with Crippen molar-refractivity contribution in [3.8, 4) is 0 Å². The third kappa shape index (κ3) is 3.73. The summed E-state index contributed by atoms with van der Waals surface area (Å²) < 4.78 is 5.51. The molecule has 2 heterocycles. The summed E-state index contributed by atoms with van der Waals surface area (Å²) in [5.74, 6) is 2.54. The lowest BCUT2D eigenvalue weighted by Crippen LogP contribution is -2.17. The van der Waals surface area contributed by atoms with Crippen molar-refractivity contribution in [3.63, 3.8) is 0 Å². The smallest absolute Gasteiger partial charge is 0.150 e. The van der Waals surface area contributed by atoms with E-state index in [1.165, 1.54) is 32.1 Å². The van der Waals surface area contributed by atoms with Crippen molar-refractivity contribution in [1.82, 2.24) is 20.0 Å². The minimum Gasteiger partial charge on any atom is -0.360 e. The molecular weight excluding hydrogens is 264 g/mol. The molecule has 114 valence electrons. The lowest BCUT2D eigenvalue weighted by atomic mass is 9.87. The third-order valence-electron chi connectivity index (χ3n) is 4.20. The lowest BCUT2D eigenvalue weighted by Gasteiger charge is -2.18. The Morgan fingerprint density at radius 1 is 1.29 bits per heavy atom. The Hall–Kier alpha value is -1.62.